The zero-order valence-electron chi connectivity index (χ0n) is 13.8. The summed E-state index contributed by atoms with van der Waals surface area (Å²) in [6, 6.07) is 16.5. The Balaban J connectivity index is 1.84. The monoisotopic (exact) mass is 324 g/mol. The molecule has 5 heteroatoms. The van der Waals surface area contributed by atoms with Crippen LogP contribution in [0, 0.1) is 11.3 Å². The third-order valence-corrected chi connectivity index (χ3v) is 3.53. The van der Waals surface area contributed by atoms with Gasteiger partial charge in [-0.1, -0.05) is 24.3 Å². The van der Waals surface area contributed by atoms with E-state index in [1.807, 2.05) is 30.3 Å². The number of nitriles is 1. The van der Waals surface area contributed by atoms with Crippen LogP contribution in [0.3, 0.4) is 0 Å². The molecule has 0 heterocycles. The number of hydrogen-bond donors (Lipinski definition) is 1. The fourth-order valence-corrected chi connectivity index (χ4v) is 2.27. The third kappa shape index (κ3) is 4.75. The van der Waals surface area contributed by atoms with E-state index in [-0.39, 0.29) is 5.91 Å². The van der Waals surface area contributed by atoms with Gasteiger partial charge >= 0.3 is 0 Å². The highest BCUT2D eigenvalue weighted by Crippen LogP contribution is 2.17. The van der Waals surface area contributed by atoms with Gasteiger partial charge in [-0.3, -0.25) is 4.79 Å². The molecule has 2 aromatic rings. The van der Waals surface area contributed by atoms with Gasteiger partial charge in [0.05, 0.1) is 18.7 Å². The highest BCUT2D eigenvalue weighted by molar-refractivity contribution is 5.80. The summed E-state index contributed by atoms with van der Waals surface area (Å²) in [5.41, 5.74) is 1.53. The summed E-state index contributed by atoms with van der Waals surface area (Å²) in [4.78, 5) is 12.1. The van der Waals surface area contributed by atoms with Gasteiger partial charge < -0.3 is 14.8 Å². The number of hydrogen-bond acceptors (Lipinski definition) is 4. The summed E-state index contributed by atoms with van der Waals surface area (Å²) in [6.07, 6.45) is 0.0310. The van der Waals surface area contributed by atoms with Gasteiger partial charge in [0.2, 0.25) is 0 Å². The van der Waals surface area contributed by atoms with Crippen molar-refractivity contribution in [3.05, 3.63) is 59.7 Å². The van der Waals surface area contributed by atoms with Gasteiger partial charge in [-0.25, -0.2) is 0 Å². The number of para-hydroxylation sites is 1. The molecular weight excluding hydrogens is 304 g/mol. The van der Waals surface area contributed by atoms with Crippen LogP contribution >= 0.6 is 0 Å². The van der Waals surface area contributed by atoms with Crippen LogP contribution in [0.4, 0.5) is 0 Å². The van der Waals surface area contributed by atoms with Crippen molar-refractivity contribution in [2.75, 3.05) is 13.7 Å². The van der Waals surface area contributed by atoms with E-state index < -0.39 is 6.10 Å². The number of benzene rings is 2. The molecule has 0 fully saturated rings. The summed E-state index contributed by atoms with van der Waals surface area (Å²) in [7, 11) is 1.63. The predicted molar refractivity (Wildman–Crippen MR) is 91.0 cm³/mol. The number of amides is 1. The molecule has 1 N–H and O–H groups in total. The minimum atomic E-state index is -0.642. The van der Waals surface area contributed by atoms with Crippen LogP contribution in [0.2, 0.25) is 0 Å². The molecule has 0 aliphatic rings. The van der Waals surface area contributed by atoms with E-state index >= 15 is 0 Å². The zero-order valence-corrected chi connectivity index (χ0v) is 13.8. The van der Waals surface area contributed by atoms with Crippen molar-refractivity contribution in [3.63, 3.8) is 0 Å². The maximum Gasteiger partial charge on any atom is 0.260 e. The number of carbonyl (C=O) groups is 1. The van der Waals surface area contributed by atoms with Crippen molar-refractivity contribution in [2.45, 2.75) is 19.4 Å². The topological polar surface area (TPSA) is 71.3 Å². The van der Waals surface area contributed by atoms with Gasteiger partial charge in [-0.15, -0.1) is 0 Å². The molecule has 0 aliphatic heterocycles. The van der Waals surface area contributed by atoms with Crippen LogP contribution in [0.15, 0.2) is 48.5 Å². The second-order valence-corrected chi connectivity index (χ2v) is 5.25. The second-order valence-electron chi connectivity index (χ2n) is 5.25. The SMILES string of the molecule is COc1ccccc1CCNC(=O)C(C)Oc1cccc(C#N)c1. The molecule has 1 unspecified atom stereocenters. The predicted octanol–water partition coefficient (Wildman–Crippen LogP) is 2.69. The Bertz CT molecular complexity index is 737. The normalized spacial score (nSPS) is 11.2. The number of carbonyl (C=O) groups excluding carboxylic acids is 1. The number of rotatable bonds is 7. The van der Waals surface area contributed by atoms with Gasteiger partial charge in [-0.2, -0.15) is 5.26 Å². The maximum atomic E-state index is 12.1. The molecule has 0 aromatic heterocycles. The van der Waals surface area contributed by atoms with Crippen LogP contribution in [0.1, 0.15) is 18.1 Å². The minimum Gasteiger partial charge on any atom is -0.496 e. The number of nitrogens with zero attached hydrogens (tertiary/aromatic N) is 1. The molecule has 124 valence electrons. The highest BCUT2D eigenvalue weighted by Gasteiger charge is 2.14. The fourth-order valence-electron chi connectivity index (χ4n) is 2.27. The van der Waals surface area contributed by atoms with Gasteiger partial charge in [0.15, 0.2) is 6.10 Å². The lowest BCUT2D eigenvalue weighted by Gasteiger charge is -2.15. The smallest absolute Gasteiger partial charge is 0.260 e. The molecule has 1 atom stereocenters. The van der Waals surface area contributed by atoms with Crippen LogP contribution in [-0.4, -0.2) is 25.7 Å². The van der Waals surface area contributed by atoms with E-state index in [9.17, 15) is 4.79 Å². The van der Waals surface area contributed by atoms with E-state index in [1.54, 1.807) is 38.3 Å². The Hall–Kier alpha value is -3.00. The maximum absolute atomic E-state index is 12.1. The molecule has 0 saturated heterocycles. The lowest BCUT2D eigenvalue weighted by molar-refractivity contribution is -0.127. The first-order chi connectivity index (χ1) is 11.6. The summed E-state index contributed by atoms with van der Waals surface area (Å²) in [5.74, 6) is 1.11. The van der Waals surface area contributed by atoms with E-state index in [2.05, 4.69) is 5.32 Å². The Labute approximate surface area is 141 Å². The molecule has 0 spiro atoms. The average Bonchev–Trinajstić information content (AvgIpc) is 2.62. The highest BCUT2D eigenvalue weighted by atomic mass is 16.5. The zero-order chi connectivity index (χ0) is 17.4. The van der Waals surface area contributed by atoms with Gasteiger partial charge in [0.1, 0.15) is 11.5 Å². The van der Waals surface area contributed by atoms with Crippen LogP contribution < -0.4 is 14.8 Å². The Morgan fingerprint density at radius 2 is 2.04 bits per heavy atom. The van der Waals surface area contributed by atoms with Crippen molar-refractivity contribution in [2.24, 2.45) is 0 Å². The molecule has 0 radical (unpaired) electrons. The molecule has 0 aliphatic carbocycles. The minimum absolute atomic E-state index is 0.202. The molecule has 2 rings (SSSR count). The summed E-state index contributed by atoms with van der Waals surface area (Å²) in [6.45, 7) is 2.17. The van der Waals surface area contributed by atoms with Crippen molar-refractivity contribution < 1.29 is 14.3 Å². The molecule has 0 bridgehead atoms. The number of nitrogens with one attached hydrogen (secondary N) is 1. The van der Waals surface area contributed by atoms with Crippen molar-refractivity contribution in [3.8, 4) is 17.6 Å². The number of ether oxygens (including phenoxy) is 2. The standard InChI is InChI=1S/C19H20N2O3/c1-14(24-17-8-5-6-15(12-17)13-20)19(22)21-11-10-16-7-3-4-9-18(16)23-2/h3-9,12,14H,10-11H2,1-2H3,(H,21,22). The first-order valence-corrected chi connectivity index (χ1v) is 7.70. The van der Waals surface area contributed by atoms with Crippen molar-refractivity contribution >= 4 is 5.91 Å². The van der Waals surface area contributed by atoms with Gasteiger partial charge in [-0.05, 0) is 43.2 Å². The quantitative estimate of drug-likeness (QED) is 0.850. The van der Waals surface area contributed by atoms with Crippen molar-refractivity contribution in [1.29, 1.82) is 5.26 Å². The molecule has 1 amide bonds. The largest absolute Gasteiger partial charge is 0.496 e. The summed E-state index contributed by atoms with van der Waals surface area (Å²) >= 11 is 0. The first kappa shape index (κ1) is 17.4. The summed E-state index contributed by atoms with van der Waals surface area (Å²) < 4.78 is 10.9. The van der Waals surface area contributed by atoms with E-state index in [1.165, 1.54) is 0 Å². The molecule has 2 aromatic carbocycles. The summed E-state index contributed by atoms with van der Waals surface area (Å²) in [5, 5.41) is 11.7. The van der Waals surface area contributed by atoms with E-state index in [4.69, 9.17) is 14.7 Å². The second kappa shape index (κ2) is 8.59. The molecule has 0 saturated carbocycles. The fraction of sp³-hybridized carbons (Fsp3) is 0.263. The molecular formula is C19H20N2O3. The van der Waals surface area contributed by atoms with E-state index in [0.717, 1.165) is 11.3 Å². The average molecular weight is 324 g/mol. The van der Waals surface area contributed by atoms with E-state index in [0.29, 0.717) is 24.3 Å². The lowest BCUT2D eigenvalue weighted by Crippen LogP contribution is -2.37. The van der Waals surface area contributed by atoms with Crippen LogP contribution in [-0.2, 0) is 11.2 Å². The third-order valence-electron chi connectivity index (χ3n) is 3.53. The van der Waals surface area contributed by atoms with Crippen LogP contribution in [0.25, 0.3) is 0 Å². The van der Waals surface area contributed by atoms with Crippen LogP contribution in [0.5, 0.6) is 11.5 Å². The Morgan fingerprint density at radius 1 is 1.25 bits per heavy atom. The Morgan fingerprint density at radius 3 is 2.79 bits per heavy atom. The molecule has 24 heavy (non-hydrogen) atoms. The van der Waals surface area contributed by atoms with Gasteiger partial charge in [0.25, 0.3) is 5.91 Å². The van der Waals surface area contributed by atoms with Gasteiger partial charge in [0, 0.05) is 6.54 Å². The lowest BCUT2D eigenvalue weighted by atomic mass is 10.1. The molecule has 5 nitrogen and oxygen atoms in total. The Kier molecular flexibility index (Phi) is 6.21. The first-order valence-electron chi connectivity index (χ1n) is 7.70. The number of methoxy groups -OCH3 is 1. The van der Waals surface area contributed by atoms with Crippen molar-refractivity contribution in [1.82, 2.24) is 5.32 Å².